The van der Waals surface area contributed by atoms with Crippen LogP contribution in [0.5, 0.6) is 0 Å². The van der Waals surface area contributed by atoms with E-state index in [1.807, 2.05) is 12.1 Å². The van der Waals surface area contributed by atoms with E-state index in [4.69, 9.17) is 4.74 Å². The fourth-order valence-corrected chi connectivity index (χ4v) is 2.41. The van der Waals surface area contributed by atoms with Crippen LogP contribution in [0.1, 0.15) is 26.3 Å². The van der Waals surface area contributed by atoms with Gasteiger partial charge in [0.25, 0.3) is 5.91 Å². The topological polar surface area (TPSA) is 93.2 Å². The lowest BCUT2D eigenvalue weighted by atomic mass is 10.1. The number of rotatable bonds is 6. The summed E-state index contributed by atoms with van der Waals surface area (Å²) >= 11 is 0. The molecule has 1 aromatic carbocycles. The lowest BCUT2D eigenvalue weighted by Crippen LogP contribution is -2.22. The van der Waals surface area contributed by atoms with Crippen molar-refractivity contribution in [2.24, 2.45) is 0 Å². The van der Waals surface area contributed by atoms with Gasteiger partial charge in [-0.3, -0.25) is 9.78 Å². The molecule has 0 spiro atoms. The zero-order chi connectivity index (χ0) is 19.1. The van der Waals surface area contributed by atoms with Crippen LogP contribution in [-0.4, -0.2) is 29.0 Å². The highest BCUT2D eigenvalue weighted by molar-refractivity contribution is 5.96. The first kappa shape index (κ1) is 18.1. The van der Waals surface area contributed by atoms with E-state index >= 15 is 0 Å². The van der Waals surface area contributed by atoms with Crippen LogP contribution in [0.2, 0.25) is 0 Å². The molecule has 0 fully saturated rings. The third kappa shape index (κ3) is 4.66. The van der Waals surface area contributed by atoms with Crippen molar-refractivity contribution in [3.05, 3.63) is 83.8 Å². The summed E-state index contributed by atoms with van der Waals surface area (Å²) in [6.45, 7) is 0.411. The van der Waals surface area contributed by atoms with Gasteiger partial charge in [-0.15, -0.1) is 0 Å². The highest BCUT2D eigenvalue weighted by Crippen LogP contribution is 2.20. The van der Waals surface area contributed by atoms with Crippen LogP contribution in [0.3, 0.4) is 0 Å². The highest BCUT2D eigenvalue weighted by Gasteiger charge is 2.12. The number of ether oxygens (including phenoxy) is 1. The van der Waals surface area contributed by atoms with Crippen molar-refractivity contribution in [1.29, 1.82) is 0 Å². The summed E-state index contributed by atoms with van der Waals surface area (Å²) in [7, 11) is 1.33. The van der Waals surface area contributed by atoms with Gasteiger partial charge in [-0.25, -0.2) is 9.78 Å². The average Bonchev–Trinajstić information content (AvgIpc) is 2.73. The standard InChI is InChI=1S/C20H18N4O3/c1-27-20(26)16-4-2-3-5-17(16)24-18-7-6-15(13-22-18)19(25)23-12-14-8-10-21-11-9-14/h2-11,13H,12H2,1H3,(H,22,24)(H,23,25). The molecule has 0 aliphatic carbocycles. The predicted octanol–water partition coefficient (Wildman–Crippen LogP) is 2.94. The van der Waals surface area contributed by atoms with Gasteiger partial charge in [0.15, 0.2) is 0 Å². The van der Waals surface area contributed by atoms with Crippen LogP contribution >= 0.6 is 0 Å². The van der Waals surface area contributed by atoms with E-state index in [1.54, 1.807) is 48.8 Å². The third-order valence-corrected chi connectivity index (χ3v) is 3.82. The van der Waals surface area contributed by atoms with E-state index < -0.39 is 5.97 Å². The first-order valence-electron chi connectivity index (χ1n) is 8.25. The van der Waals surface area contributed by atoms with Crippen molar-refractivity contribution in [3.63, 3.8) is 0 Å². The van der Waals surface area contributed by atoms with Gasteiger partial charge in [0.2, 0.25) is 0 Å². The summed E-state index contributed by atoms with van der Waals surface area (Å²) in [6, 6.07) is 14.0. The minimum absolute atomic E-state index is 0.221. The first-order valence-corrected chi connectivity index (χ1v) is 8.25. The van der Waals surface area contributed by atoms with Crippen molar-refractivity contribution in [1.82, 2.24) is 15.3 Å². The van der Waals surface area contributed by atoms with Gasteiger partial charge in [-0.2, -0.15) is 0 Å². The van der Waals surface area contributed by atoms with Gasteiger partial charge >= 0.3 is 5.97 Å². The number of amides is 1. The molecular formula is C20H18N4O3. The smallest absolute Gasteiger partial charge is 0.339 e. The minimum Gasteiger partial charge on any atom is -0.465 e. The van der Waals surface area contributed by atoms with Crippen molar-refractivity contribution < 1.29 is 14.3 Å². The Kier molecular flexibility index (Phi) is 5.73. The Bertz CT molecular complexity index is 927. The lowest BCUT2D eigenvalue weighted by molar-refractivity contribution is 0.0601. The predicted molar refractivity (Wildman–Crippen MR) is 101 cm³/mol. The molecule has 1 amide bonds. The molecule has 136 valence electrons. The maximum absolute atomic E-state index is 12.2. The Hall–Kier alpha value is -3.74. The molecule has 2 N–H and O–H groups in total. The molecule has 0 saturated carbocycles. The molecule has 3 rings (SSSR count). The number of benzene rings is 1. The monoisotopic (exact) mass is 362 g/mol. The fraction of sp³-hybridized carbons (Fsp3) is 0.100. The zero-order valence-corrected chi connectivity index (χ0v) is 14.7. The average molecular weight is 362 g/mol. The SMILES string of the molecule is COC(=O)c1ccccc1Nc1ccc(C(=O)NCc2ccncc2)cn1. The number of nitrogens with one attached hydrogen (secondary N) is 2. The number of anilines is 2. The summed E-state index contributed by atoms with van der Waals surface area (Å²) in [5.41, 5.74) is 2.38. The zero-order valence-electron chi connectivity index (χ0n) is 14.7. The molecule has 27 heavy (non-hydrogen) atoms. The van der Waals surface area contributed by atoms with Crippen LogP contribution in [0, 0.1) is 0 Å². The van der Waals surface area contributed by atoms with Crippen molar-refractivity contribution in [3.8, 4) is 0 Å². The van der Waals surface area contributed by atoms with Gasteiger partial charge < -0.3 is 15.4 Å². The molecule has 3 aromatic rings. The normalized spacial score (nSPS) is 10.1. The van der Waals surface area contributed by atoms with E-state index in [1.165, 1.54) is 13.3 Å². The molecule has 7 nitrogen and oxygen atoms in total. The van der Waals surface area contributed by atoms with Crippen LogP contribution in [0.25, 0.3) is 0 Å². The summed E-state index contributed by atoms with van der Waals surface area (Å²) in [6.07, 6.45) is 4.83. The molecular weight excluding hydrogens is 344 g/mol. The van der Waals surface area contributed by atoms with Gasteiger partial charge in [0, 0.05) is 25.1 Å². The Morgan fingerprint density at radius 3 is 2.52 bits per heavy atom. The van der Waals surface area contributed by atoms with E-state index in [-0.39, 0.29) is 5.91 Å². The molecule has 0 bridgehead atoms. The van der Waals surface area contributed by atoms with Crippen molar-refractivity contribution in [2.75, 3.05) is 12.4 Å². The Morgan fingerprint density at radius 1 is 1.04 bits per heavy atom. The first-order chi connectivity index (χ1) is 13.2. The van der Waals surface area contributed by atoms with E-state index in [2.05, 4.69) is 20.6 Å². The number of carbonyl (C=O) groups excluding carboxylic acids is 2. The number of hydrogen-bond acceptors (Lipinski definition) is 6. The number of nitrogens with zero attached hydrogens (tertiary/aromatic N) is 2. The maximum atomic E-state index is 12.2. The molecule has 2 aromatic heterocycles. The summed E-state index contributed by atoms with van der Waals surface area (Å²) in [5, 5.41) is 5.89. The summed E-state index contributed by atoms with van der Waals surface area (Å²) < 4.78 is 4.77. The number of para-hydroxylation sites is 1. The Morgan fingerprint density at radius 2 is 1.81 bits per heavy atom. The van der Waals surface area contributed by atoms with E-state index in [9.17, 15) is 9.59 Å². The fourth-order valence-electron chi connectivity index (χ4n) is 2.41. The Balaban J connectivity index is 1.65. The highest BCUT2D eigenvalue weighted by atomic mass is 16.5. The number of aromatic nitrogens is 2. The van der Waals surface area contributed by atoms with Crippen LogP contribution in [0.15, 0.2) is 67.1 Å². The van der Waals surface area contributed by atoms with Crippen LogP contribution in [0.4, 0.5) is 11.5 Å². The van der Waals surface area contributed by atoms with Crippen LogP contribution < -0.4 is 10.6 Å². The Labute approximate surface area is 156 Å². The largest absolute Gasteiger partial charge is 0.465 e. The number of methoxy groups -OCH3 is 1. The van der Waals surface area contributed by atoms with Crippen molar-refractivity contribution >= 4 is 23.4 Å². The second kappa shape index (κ2) is 8.57. The van der Waals surface area contributed by atoms with Gasteiger partial charge in [-0.05, 0) is 42.0 Å². The molecule has 0 aliphatic heterocycles. The quantitative estimate of drug-likeness (QED) is 0.655. The lowest BCUT2D eigenvalue weighted by Gasteiger charge is -2.10. The molecule has 0 radical (unpaired) electrons. The molecule has 0 saturated heterocycles. The van der Waals surface area contributed by atoms with Gasteiger partial charge in [0.05, 0.1) is 23.9 Å². The van der Waals surface area contributed by atoms with Gasteiger partial charge in [-0.1, -0.05) is 12.1 Å². The van der Waals surface area contributed by atoms with Crippen molar-refractivity contribution in [2.45, 2.75) is 6.54 Å². The third-order valence-electron chi connectivity index (χ3n) is 3.82. The maximum Gasteiger partial charge on any atom is 0.339 e. The van der Waals surface area contributed by atoms with E-state index in [0.717, 1.165) is 5.56 Å². The van der Waals surface area contributed by atoms with Crippen LogP contribution in [-0.2, 0) is 11.3 Å². The number of hydrogen-bond donors (Lipinski definition) is 2. The molecule has 0 aliphatic rings. The molecule has 0 atom stereocenters. The number of carbonyl (C=O) groups is 2. The molecule has 0 unspecified atom stereocenters. The molecule has 7 heteroatoms. The number of esters is 1. The number of pyridine rings is 2. The molecule has 2 heterocycles. The second-order valence-corrected chi connectivity index (χ2v) is 5.63. The van der Waals surface area contributed by atoms with Gasteiger partial charge in [0.1, 0.15) is 5.82 Å². The van der Waals surface area contributed by atoms with E-state index in [0.29, 0.717) is 29.2 Å². The summed E-state index contributed by atoms with van der Waals surface area (Å²) in [4.78, 5) is 32.2. The second-order valence-electron chi connectivity index (χ2n) is 5.63. The summed E-state index contributed by atoms with van der Waals surface area (Å²) in [5.74, 6) is -0.150. The minimum atomic E-state index is -0.440.